The third-order valence-electron chi connectivity index (χ3n) is 2.19. The molecule has 0 radical (unpaired) electrons. The monoisotopic (exact) mass is 330 g/mol. The molecule has 0 unspecified atom stereocenters. The number of ether oxygens (including phenoxy) is 1. The lowest BCUT2D eigenvalue weighted by molar-refractivity contribution is 0.306. The van der Waals surface area contributed by atoms with E-state index < -0.39 is 9.05 Å². The van der Waals surface area contributed by atoms with Crippen molar-refractivity contribution >= 4 is 42.9 Å². The number of rotatable bonds is 7. The van der Waals surface area contributed by atoms with Crippen molar-refractivity contribution in [2.24, 2.45) is 0 Å². The summed E-state index contributed by atoms with van der Waals surface area (Å²) in [6, 6.07) is 5.05. The van der Waals surface area contributed by atoms with Crippen molar-refractivity contribution < 1.29 is 13.2 Å². The Morgan fingerprint density at radius 2 is 1.78 bits per heavy atom. The summed E-state index contributed by atoms with van der Waals surface area (Å²) in [6.07, 6.45) is 2.04. The predicted molar refractivity (Wildman–Crippen MR) is 75.4 cm³/mol. The van der Waals surface area contributed by atoms with Crippen LogP contribution >= 0.6 is 33.9 Å². The Bertz CT molecular complexity index is 488. The van der Waals surface area contributed by atoms with Gasteiger partial charge in [0.25, 0.3) is 0 Å². The lowest BCUT2D eigenvalue weighted by Gasteiger charge is -2.06. The van der Waals surface area contributed by atoms with E-state index in [0.29, 0.717) is 28.8 Å². The normalized spacial score (nSPS) is 11.5. The molecule has 0 spiro atoms. The van der Waals surface area contributed by atoms with Gasteiger partial charge in [0, 0.05) is 16.7 Å². The Kier molecular flexibility index (Phi) is 6.57. The lowest BCUT2D eigenvalue weighted by Crippen LogP contribution is -2.00. The van der Waals surface area contributed by atoms with Crippen LogP contribution in [0.25, 0.3) is 0 Å². The summed E-state index contributed by atoms with van der Waals surface area (Å²) in [6.45, 7) is 0.500. The van der Waals surface area contributed by atoms with Crippen LogP contribution in [-0.2, 0) is 9.05 Å². The van der Waals surface area contributed by atoms with Crippen LogP contribution in [0.5, 0.6) is 5.75 Å². The molecule has 1 rings (SSSR count). The summed E-state index contributed by atoms with van der Waals surface area (Å²) in [5.41, 5.74) is 0. The van der Waals surface area contributed by atoms with Crippen molar-refractivity contribution in [3.8, 4) is 5.75 Å². The van der Waals surface area contributed by atoms with Crippen molar-refractivity contribution in [2.75, 3.05) is 12.4 Å². The number of halogens is 3. The van der Waals surface area contributed by atoms with Crippen LogP contribution in [0.15, 0.2) is 18.2 Å². The Morgan fingerprint density at radius 3 is 2.39 bits per heavy atom. The molecular formula is C11H13Cl3O3S. The molecule has 1 aromatic rings. The first-order valence-corrected chi connectivity index (χ1v) is 8.62. The fourth-order valence-electron chi connectivity index (χ4n) is 1.31. The smallest absolute Gasteiger partial charge is 0.232 e. The molecule has 0 heterocycles. The first-order valence-electron chi connectivity index (χ1n) is 5.39. The molecule has 7 heteroatoms. The highest BCUT2D eigenvalue weighted by molar-refractivity contribution is 8.13. The Hall–Kier alpha value is -0.160. The van der Waals surface area contributed by atoms with Gasteiger partial charge in [0.05, 0.1) is 22.4 Å². The van der Waals surface area contributed by atoms with Gasteiger partial charge in [0.2, 0.25) is 9.05 Å². The van der Waals surface area contributed by atoms with E-state index in [1.807, 2.05) is 0 Å². The van der Waals surface area contributed by atoms with Crippen molar-refractivity contribution in [3.63, 3.8) is 0 Å². The van der Waals surface area contributed by atoms with Crippen molar-refractivity contribution in [2.45, 2.75) is 19.3 Å². The molecule has 0 saturated heterocycles. The minimum absolute atomic E-state index is 0.00132. The molecule has 0 aliphatic carbocycles. The fraction of sp³-hybridized carbons (Fsp3) is 0.455. The van der Waals surface area contributed by atoms with Gasteiger partial charge < -0.3 is 4.74 Å². The number of hydrogen-bond acceptors (Lipinski definition) is 3. The standard InChI is InChI=1S/C11H13Cl3O3S/c12-10-5-4-9(8-11(10)13)17-6-2-1-3-7-18(14,15)16/h4-5,8H,1-3,6-7H2. The second kappa shape index (κ2) is 7.43. The number of hydrogen-bond donors (Lipinski definition) is 0. The van der Waals surface area contributed by atoms with Crippen LogP contribution in [0.1, 0.15) is 19.3 Å². The maximum absolute atomic E-state index is 10.7. The third kappa shape index (κ3) is 6.69. The van der Waals surface area contributed by atoms with Crippen LogP contribution < -0.4 is 4.74 Å². The zero-order chi connectivity index (χ0) is 13.6. The largest absolute Gasteiger partial charge is 0.494 e. The summed E-state index contributed by atoms with van der Waals surface area (Å²) in [7, 11) is 1.71. The molecule has 0 fully saturated rings. The van der Waals surface area contributed by atoms with Gasteiger partial charge in [-0.1, -0.05) is 23.2 Å². The average Bonchev–Trinajstić information content (AvgIpc) is 2.26. The minimum Gasteiger partial charge on any atom is -0.494 e. The minimum atomic E-state index is -3.37. The number of unbranched alkanes of at least 4 members (excludes halogenated alkanes) is 2. The van der Waals surface area contributed by atoms with E-state index in [9.17, 15) is 8.42 Å². The molecule has 0 aliphatic rings. The van der Waals surface area contributed by atoms with Gasteiger partial charge >= 0.3 is 0 Å². The number of benzene rings is 1. The van der Waals surface area contributed by atoms with E-state index in [-0.39, 0.29) is 5.75 Å². The lowest BCUT2D eigenvalue weighted by atomic mass is 10.3. The second-order valence-electron chi connectivity index (χ2n) is 3.73. The molecule has 0 amide bonds. The molecule has 102 valence electrons. The first-order chi connectivity index (χ1) is 8.38. The quantitative estimate of drug-likeness (QED) is 0.558. The Labute approximate surface area is 121 Å². The molecule has 0 aliphatic heterocycles. The van der Waals surface area contributed by atoms with E-state index in [4.69, 9.17) is 38.6 Å². The van der Waals surface area contributed by atoms with E-state index in [0.717, 1.165) is 12.8 Å². The molecule has 1 aromatic carbocycles. The van der Waals surface area contributed by atoms with Crippen molar-refractivity contribution in [1.82, 2.24) is 0 Å². The third-order valence-corrected chi connectivity index (χ3v) is 4.17. The van der Waals surface area contributed by atoms with Gasteiger partial charge in [-0.25, -0.2) is 8.42 Å². The molecular weight excluding hydrogens is 319 g/mol. The zero-order valence-electron chi connectivity index (χ0n) is 9.53. The van der Waals surface area contributed by atoms with E-state index >= 15 is 0 Å². The average molecular weight is 332 g/mol. The molecule has 0 atom stereocenters. The van der Waals surface area contributed by atoms with Gasteiger partial charge in [-0.2, -0.15) is 0 Å². The summed E-state index contributed by atoms with van der Waals surface area (Å²) < 4.78 is 26.8. The summed E-state index contributed by atoms with van der Waals surface area (Å²) in [5.74, 6) is 0.649. The predicted octanol–water partition coefficient (Wildman–Crippen LogP) is 4.11. The van der Waals surface area contributed by atoms with Gasteiger partial charge in [-0.05, 0) is 31.4 Å². The van der Waals surface area contributed by atoms with Crippen LogP contribution in [0.2, 0.25) is 10.0 Å². The van der Waals surface area contributed by atoms with Crippen LogP contribution in [0, 0.1) is 0 Å². The van der Waals surface area contributed by atoms with Gasteiger partial charge in [-0.3, -0.25) is 0 Å². The summed E-state index contributed by atoms with van der Waals surface area (Å²) >= 11 is 11.6. The molecule has 0 bridgehead atoms. The van der Waals surface area contributed by atoms with Crippen LogP contribution in [0.3, 0.4) is 0 Å². The molecule has 0 N–H and O–H groups in total. The molecule has 0 aromatic heterocycles. The summed E-state index contributed by atoms with van der Waals surface area (Å²) in [4.78, 5) is 0. The zero-order valence-corrected chi connectivity index (χ0v) is 12.6. The first kappa shape index (κ1) is 15.9. The molecule has 3 nitrogen and oxygen atoms in total. The maximum Gasteiger partial charge on any atom is 0.232 e. The highest BCUT2D eigenvalue weighted by Crippen LogP contribution is 2.26. The Balaban J connectivity index is 2.20. The second-order valence-corrected chi connectivity index (χ2v) is 7.44. The Morgan fingerprint density at radius 1 is 1.06 bits per heavy atom. The SMILES string of the molecule is O=S(=O)(Cl)CCCCCOc1ccc(Cl)c(Cl)c1. The van der Waals surface area contributed by atoms with Gasteiger partial charge in [-0.15, -0.1) is 0 Å². The summed E-state index contributed by atoms with van der Waals surface area (Å²) in [5, 5.41) is 0.929. The van der Waals surface area contributed by atoms with E-state index in [2.05, 4.69) is 0 Å². The van der Waals surface area contributed by atoms with E-state index in [1.165, 1.54) is 0 Å². The van der Waals surface area contributed by atoms with Crippen molar-refractivity contribution in [3.05, 3.63) is 28.2 Å². The highest BCUT2D eigenvalue weighted by atomic mass is 35.7. The topological polar surface area (TPSA) is 43.4 Å². The van der Waals surface area contributed by atoms with Crippen LogP contribution in [-0.4, -0.2) is 20.8 Å². The molecule has 0 saturated carbocycles. The van der Waals surface area contributed by atoms with Crippen molar-refractivity contribution in [1.29, 1.82) is 0 Å². The molecule has 18 heavy (non-hydrogen) atoms. The van der Waals surface area contributed by atoms with E-state index in [1.54, 1.807) is 18.2 Å². The van der Waals surface area contributed by atoms with Gasteiger partial charge in [0.15, 0.2) is 0 Å². The fourth-order valence-corrected chi connectivity index (χ4v) is 2.47. The highest BCUT2D eigenvalue weighted by Gasteiger charge is 2.04. The van der Waals surface area contributed by atoms with Gasteiger partial charge in [0.1, 0.15) is 5.75 Å². The van der Waals surface area contributed by atoms with Crippen LogP contribution in [0.4, 0.5) is 0 Å². The maximum atomic E-state index is 10.7.